The number of nitrogens with one attached hydrogen (secondary N) is 1. The first-order valence-electron chi connectivity index (χ1n) is 16.5. The summed E-state index contributed by atoms with van der Waals surface area (Å²) >= 11 is 6.43. The molecule has 1 spiro atoms. The molecule has 1 saturated carbocycles. The van der Waals surface area contributed by atoms with Crippen LogP contribution in [0.4, 0.5) is 5.69 Å². The van der Waals surface area contributed by atoms with Gasteiger partial charge in [-0.05, 0) is 105 Å². The zero-order valence-corrected chi connectivity index (χ0v) is 28.3. The Bertz CT molecular complexity index is 1820. The second-order valence-electron chi connectivity index (χ2n) is 13.9. The van der Waals surface area contributed by atoms with Crippen LogP contribution in [0.1, 0.15) is 73.1 Å². The average molecular weight is 677 g/mol. The number of nitrogens with zero attached hydrogens (tertiary/aromatic N) is 3. The van der Waals surface area contributed by atoms with E-state index in [-0.39, 0.29) is 28.7 Å². The number of rotatable bonds is 1. The number of carbonyl (C=O) groups is 1. The van der Waals surface area contributed by atoms with Crippen molar-refractivity contribution in [2.45, 2.75) is 68.6 Å². The van der Waals surface area contributed by atoms with Crippen molar-refractivity contribution in [3.63, 3.8) is 0 Å². The second kappa shape index (κ2) is 12.2. The van der Waals surface area contributed by atoms with E-state index in [1.807, 2.05) is 19.1 Å². The highest BCUT2D eigenvalue weighted by Crippen LogP contribution is 2.50. The van der Waals surface area contributed by atoms with Crippen molar-refractivity contribution in [1.82, 2.24) is 14.7 Å². The molecule has 4 aliphatic rings. The van der Waals surface area contributed by atoms with Crippen LogP contribution in [0.25, 0.3) is 0 Å². The van der Waals surface area contributed by atoms with Crippen molar-refractivity contribution < 1.29 is 23.1 Å². The monoisotopic (exact) mass is 676 g/mol. The summed E-state index contributed by atoms with van der Waals surface area (Å²) in [4.78, 5) is 24.4. The number of hydrogen-bond donors (Lipinski definition) is 2. The lowest BCUT2D eigenvalue weighted by Crippen LogP contribution is -2.51. The van der Waals surface area contributed by atoms with Crippen molar-refractivity contribution in [3.05, 3.63) is 94.5 Å². The molecule has 2 bridgehead atoms. The van der Waals surface area contributed by atoms with E-state index < -0.39 is 26.8 Å². The van der Waals surface area contributed by atoms with Crippen molar-refractivity contribution >= 4 is 33.2 Å². The predicted molar refractivity (Wildman–Crippen MR) is 181 cm³/mol. The molecule has 0 saturated heterocycles. The fourth-order valence-electron chi connectivity index (χ4n) is 8.07. The first kappa shape index (κ1) is 32.1. The Balaban J connectivity index is 1.35. The van der Waals surface area contributed by atoms with Gasteiger partial charge in [-0.25, -0.2) is 23.1 Å². The highest BCUT2D eigenvalue weighted by molar-refractivity contribution is 7.90. The molecule has 1 aromatic heterocycles. The van der Waals surface area contributed by atoms with Gasteiger partial charge in [0.2, 0.25) is 10.0 Å². The molecule has 2 aliphatic heterocycles. The van der Waals surface area contributed by atoms with Gasteiger partial charge in [0.05, 0.1) is 23.2 Å². The van der Waals surface area contributed by atoms with Gasteiger partial charge in [-0.3, -0.25) is 4.79 Å². The van der Waals surface area contributed by atoms with Crippen LogP contribution in [-0.2, 0) is 27.5 Å². The first-order valence-corrected chi connectivity index (χ1v) is 18.4. The van der Waals surface area contributed by atoms with E-state index in [0.29, 0.717) is 42.6 Å². The third-order valence-electron chi connectivity index (χ3n) is 11.1. The minimum absolute atomic E-state index is 0.109. The SMILES string of the molecule is C[C@@H]1[C@@H](C)C/C=C\[C@](O)(c2ccncn2)[C@@H]2CC[C@H]2CN2C[C@@]3(CCCc4cc(Cl)ccc43)COc3ccc(cc32)C(=O)NS1(=O)=O. The molecule has 3 heterocycles. The molecule has 0 unspecified atom stereocenters. The minimum Gasteiger partial charge on any atom is -0.490 e. The zero-order chi connectivity index (χ0) is 33.0. The third kappa shape index (κ3) is 5.82. The smallest absolute Gasteiger partial charge is 0.264 e. The summed E-state index contributed by atoms with van der Waals surface area (Å²) in [5.74, 6) is -0.363. The van der Waals surface area contributed by atoms with E-state index >= 15 is 0 Å². The highest BCUT2D eigenvalue weighted by Gasteiger charge is 2.49. The molecule has 3 aromatic rings. The molecule has 2 N–H and O–H groups in total. The molecule has 7 rings (SSSR count). The van der Waals surface area contributed by atoms with Crippen molar-refractivity contribution in [2.75, 3.05) is 24.6 Å². The molecule has 1 amide bonds. The maximum Gasteiger partial charge on any atom is 0.264 e. The Morgan fingerprint density at radius 1 is 1.13 bits per heavy atom. The Labute approximate surface area is 281 Å². The van der Waals surface area contributed by atoms with E-state index in [9.17, 15) is 18.3 Å². The number of hydrogen-bond acceptors (Lipinski definition) is 8. The fraction of sp³-hybridized carbons (Fsp3) is 0.472. The average Bonchev–Trinajstić information content (AvgIpc) is 3.19. The topological polar surface area (TPSA) is 122 Å². The second-order valence-corrected chi connectivity index (χ2v) is 16.4. The lowest BCUT2D eigenvalue weighted by Gasteiger charge is -2.49. The molecular formula is C36H41ClN4O5S. The molecule has 9 nitrogen and oxygen atoms in total. The number of sulfonamides is 1. The molecule has 2 aromatic carbocycles. The molecule has 6 atom stereocenters. The molecule has 1 fully saturated rings. The highest BCUT2D eigenvalue weighted by atomic mass is 35.5. The maximum absolute atomic E-state index is 13.5. The minimum atomic E-state index is -4.00. The quantitative estimate of drug-likeness (QED) is 0.322. The normalized spacial score (nSPS) is 32.5. The zero-order valence-electron chi connectivity index (χ0n) is 26.7. The van der Waals surface area contributed by atoms with Crippen LogP contribution in [-0.4, -0.2) is 54.3 Å². The number of benzene rings is 2. The van der Waals surface area contributed by atoms with Crippen LogP contribution >= 0.6 is 11.6 Å². The number of aromatic nitrogens is 2. The number of aryl methyl sites for hydroxylation is 1. The standard InChI is InChI=1S/C36H41ClN4O5S/c1-23-5-3-15-36(43,33-13-16-38-22-39-33)30-10-7-27(30)19-41-20-35(14-4-6-25-17-28(37)9-11-29(25)35)21-46-32-12-8-26(18-31(32)41)34(42)40-47(44,45)24(23)2/h3,8-9,11-13,15-18,22-24,27,30,43H,4-7,10,14,19-21H2,1-2H3,(H,40,42)/b15-3-/t23-,24+,27-,30+,35-,36+/m0/s1. The van der Waals surface area contributed by atoms with Crippen LogP contribution in [0.5, 0.6) is 5.75 Å². The van der Waals surface area contributed by atoms with Crippen LogP contribution in [0, 0.1) is 17.8 Å². The number of fused-ring (bicyclic) bond motifs is 4. The number of anilines is 1. The number of amides is 1. The van der Waals surface area contributed by atoms with Gasteiger partial charge < -0.3 is 14.7 Å². The summed E-state index contributed by atoms with van der Waals surface area (Å²) in [6.45, 7) is 5.16. The lowest BCUT2D eigenvalue weighted by molar-refractivity contribution is -0.0530. The molecule has 0 radical (unpaired) electrons. The van der Waals surface area contributed by atoms with E-state index in [1.54, 1.807) is 43.5 Å². The molecule has 11 heteroatoms. The summed E-state index contributed by atoms with van der Waals surface area (Å²) in [6, 6.07) is 13.1. The van der Waals surface area contributed by atoms with Crippen molar-refractivity contribution in [2.24, 2.45) is 17.8 Å². The summed E-state index contributed by atoms with van der Waals surface area (Å²) in [5, 5.41) is 12.3. The Morgan fingerprint density at radius 2 is 1.98 bits per heavy atom. The number of aliphatic hydroxyl groups is 1. The Kier molecular flexibility index (Phi) is 8.33. The first-order chi connectivity index (χ1) is 22.5. The van der Waals surface area contributed by atoms with E-state index in [1.165, 1.54) is 17.5 Å². The van der Waals surface area contributed by atoms with Gasteiger partial charge in [0.15, 0.2) is 0 Å². The van der Waals surface area contributed by atoms with Gasteiger partial charge in [-0.15, -0.1) is 0 Å². The van der Waals surface area contributed by atoms with Gasteiger partial charge in [-0.1, -0.05) is 36.7 Å². The van der Waals surface area contributed by atoms with Gasteiger partial charge >= 0.3 is 0 Å². The number of allylic oxidation sites excluding steroid dienone is 1. The Hall–Kier alpha value is -3.47. The third-order valence-corrected chi connectivity index (χ3v) is 13.3. The van der Waals surface area contributed by atoms with Crippen LogP contribution < -0.4 is 14.4 Å². The summed E-state index contributed by atoms with van der Waals surface area (Å²) in [5.41, 5.74) is 2.29. The van der Waals surface area contributed by atoms with Crippen LogP contribution in [0.15, 0.2) is 67.1 Å². The maximum atomic E-state index is 13.5. The number of carbonyl (C=O) groups excluding carboxylic acids is 1. The number of halogens is 1. The van der Waals surface area contributed by atoms with Crippen LogP contribution in [0.3, 0.4) is 0 Å². The van der Waals surface area contributed by atoms with Gasteiger partial charge in [0.25, 0.3) is 5.91 Å². The van der Waals surface area contributed by atoms with Gasteiger partial charge in [0, 0.05) is 41.2 Å². The lowest BCUT2D eigenvalue weighted by atomic mass is 9.63. The Morgan fingerprint density at radius 3 is 2.74 bits per heavy atom. The van der Waals surface area contributed by atoms with Gasteiger partial charge in [0.1, 0.15) is 17.7 Å². The molecule has 2 aliphatic carbocycles. The summed E-state index contributed by atoms with van der Waals surface area (Å²) < 4.78 is 35.7. The largest absolute Gasteiger partial charge is 0.490 e. The van der Waals surface area contributed by atoms with Crippen molar-refractivity contribution in [3.8, 4) is 5.75 Å². The van der Waals surface area contributed by atoms with E-state index in [4.69, 9.17) is 16.3 Å². The van der Waals surface area contributed by atoms with Crippen LogP contribution in [0.2, 0.25) is 5.02 Å². The van der Waals surface area contributed by atoms with Crippen molar-refractivity contribution in [1.29, 1.82) is 0 Å². The molecule has 248 valence electrons. The molecule has 47 heavy (non-hydrogen) atoms. The van der Waals surface area contributed by atoms with E-state index in [2.05, 4.69) is 31.7 Å². The number of ether oxygens (including phenoxy) is 1. The molecular weight excluding hydrogens is 636 g/mol. The summed E-state index contributed by atoms with van der Waals surface area (Å²) in [7, 11) is -4.00. The van der Waals surface area contributed by atoms with E-state index in [0.717, 1.165) is 37.8 Å². The predicted octanol–water partition coefficient (Wildman–Crippen LogP) is 5.56. The van der Waals surface area contributed by atoms with Gasteiger partial charge in [-0.2, -0.15) is 0 Å². The summed E-state index contributed by atoms with van der Waals surface area (Å²) in [6.07, 6.45) is 11.7. The fourth-order valence-corrected chi connectivity index (χ4v) is 9.55.